The van der Waals surface area contributed by atoms with Gasteiger partial charge in [-0.15, -0.1) is 0 Å². The number of nitrogens with one attached hydrogen (secondary N) is 1. The summed E-state index contributed by atoms with van der Waals surface area (Å²) in [5.41, 5.74) is 2.26. The number of carbonyl (C=O) groups is 1. The Morgan fingerprint density at radius 2 is 1.84 bits per heavy atom. The number of ether oxygens (including phenoxy) is 3. The Kier molecular flexibility index (Phi) is 5.77. The Balaban J connectivity index is 1.42. The first-order valence-electron chi connectivity index (χ1n) is 8.55. The van der Waals surface area contributed by atoms with Crippen molar-refractivity contribution in [2.45, 2.75) is 19.8 Å². The molecule has 0 saturated heterocycles. The van der Waals surface area contributed by atoms with Gasteiger partial charge in [-0.25, -0.2) is 0 Å². The Labute approximate surface area is 147 Å². The van der Waals surface area contributed by atoms with Gasteiger partial charge in [0.15, 0.2) is 18.1 Å². The van der Waals surface area contributed by atoms with Crippen molar-refractivity contribution in [2.75, 3.05) is 26.4 Å². The molecule has 2 aromatic rings. The molecule has 0 aromatic heterocycles. The van der Waals surface area contributed by atoms with Crippen molar-refractivity contribution in [2.24, 2.45) is 0 Å². The lowest BCUT2D eigenvalue weighted by Crippen LogP contribution is -2.30. The van der Waals surface area contributed by atoms with Crippen molar-refractivity contribution in [1.82, 2.24) is 5.32 Å². The Morgan fingerprint density at radius 3 is 2.64 bits per heavy atom. The second-order valence-corrected chi connectivity index (χ2v) is 6.03. The van der Waals surface area contributed by atoms with Crippen LogP contribution in [0.15, 0.2) is 42.5 Å². The highest BCUT2D eigenvalue weighted by molar-refractivity contribution is 5.77. The molecule has 5 heteroatoms. The van der Waals surface area contributed by atoms with Gasteiger partial charge in [-0.1, -0.05) is 23.8 Å². The number of rotatable bonds is 6. The van der Waals surface area contributed by atoms with Gasteiger partial charge in [0.1, 0.15) is 5.75 Å². The molecule has 0 radical (unpaired) electrons. The van der Waals surface area contributed by atoms with Gasteiger partial charge in [-0.05, 0) is 43.2 Å². The fraction of sp³-hybridized carbons (Fsp3) is 0.350. The molecule has 3 rings (SSSR count). The van der Waals surface area contributed by atoms with Gasteiger partial charge >= 0.3 is 0 Å². The number of hydrogen-bond donors (Lipinski definition) is 1. The molecule has 1 N–H and O–H groups in total. The van der Waals surface area contributed by atoms with Crippen molar-refractivity contribution in [1.29, 1.82) is 0 Å². The summed E-state index contributed by atoms with van der Waals surface area (Å²) in [7, 11) is 0. The third-order valence-corrected chi connectivity index (χ3v) is 3.94. The lowest BCUT2D eigenvalue weighted by Gasteiger charge is -2.10. The normalized spacial score (nSPS) is 13.0. The van der Waals surface area contributed by atoms with Crippen LogP contribution >= 0.6 is 0 Å². The molecule has 0 aliphatic carbocycles. The van der Waals surface area contributed by atoms with Crippen molar-refractivity contribution in [3.8, 4) is 17.2 Å². The number of fused-ring (bicyclic) bond motifs is 1. The van der Waals surface area contributed by atoms with Crippen LogP contribution in [0.5, 0.6) is 17.2 Å². The monoisotopic (exact) mass is 341 g/mol. The molecule has 0 spiro atoms. The number of carbonyl (C=O) groups excluding carboxylic acids is 1. The van der Waals surface area contributed by atoms with Gasteiger partial charge in [0, 0.05) is 13.0 Å². The minimum atomic E-state index is -0.130. The molecule has 132 valence electrons. The zero-order valence-corrected chi connectivity index (χ0v) is 14.4. The number of aryl methyl sites for hydroxylation is 1. The maximum Gasteiger partial charge on any atom is 0.257 e. The van der Waals surface area contributed by atoms with Crippen molar-refractivity contribution in [3.05, 3.63) is 53.6 Å². The number of amides is 1. The van der Waals surface area contributed by atoms with E-state index in [0.717, 1.165) is 35.5 Å². The minimum absolute atomic E-state index is 0.0181. The van der Waals surface area contributed by atoms with E-state index >= 15 is 0 Å². The lowest BCUT2D eigenvalue weighted by atomic mass is 10.1. The molecule has 2 aromatic carbocycles. The highest BCUT2D eigenvalue weighted by atomic mass is 16.5. The summed E-state index contributed by atoms with van der Waals surface area (Å²) >= 11 is 0. The first-order chi connectivity index (χ1) is 12.2. The van der Waals surface area contributed by atoms with Gasteiger partial charge < -0.3 is 19.5 Å². The van der Waals surface area contributed by atoms with E-state index < -0.39 is 0 Å². The van der Waals surface area contributed by atoms with Crippen LogP contribution in [0.25, 0.3) is 0 Å². The van der Waals surface area contributed by atoms with Gasteiger partial charge in [-0.3, -0.25) is 4.79 Å². The summed E-state index contributed by atoms with van der Waals surface area (Å²) in [6, 6.07) is 13.5. The average Bonchev–Trinajstić information content (AvgIpc) is 2.86. The molecule has 5 nitrogen and oxygen atoms in total. The molecule has 0 atom stereocenters. The molecule has 0 fully saturated rings. The molecule has 0 bridgehead atoms. The summed E-state index contributed by atoms with van der Waals surface area (Å²) < 4.78 is 16.8. The van der Waals surface area contributed by atoms with E-state index in [4.69, 9.17) is 14.2 Å². The summed E-state index contributed by atoms with van der Waals surface area (Å²) in [5, 5.41) is 2.87. The summed E-state index contributed by atoms with van der Waals surface area (Å²) in [6.45, 7) is 3.93. The van der Waals surface area contributed by atoms with Crippen LogP contribution in [-0.2, 0) is 11.2 Å². The number of hydrogen-bond acceptors (Lipinski definition) is 4. The van der Waals surface area contributed by atoms with Crippen LogP contribution < -0.4 is 19.5 Å². The van der Waals surface area contributed by atoms with Crippen molar-refractivity contribution >= 4 is 5.91 Å². The molecular formula is C20H23NO4. The lowest BCUT2D eigenvalue weighted by molar-refractivity contribution is -0.123. The average molecular weight is 341 g/mol. The summed E-state index contributed by atoms with van der Waals surface area (Å²) in [4.78, 5) is 11.9. The quantitative estimate of drug-likeness (QED) is 0.878. The Hall–Kier alpha value is -2.69. The van der Waals surface area contributed by atoms with Crippen LogP contribution in [0.3, 0.4) is 0 Å². The van der Waals surface area contributed by atoms with E-state index in [2.05, 4.69) is 5.32 Å². The van der Waals surface area contributed by atoms with Crippen LogP contribution in [-0.4, -0.2) is 32.3 Å². The third-order valence-electron chi connectivity index (χ3n) is 3.94. The predicted molar refractivity (Wildman–Crippen MR) is 95.4 cm³/mol. The first-order valence-corrected chi connectivity index (χ1v) is 8.55. The first kappa shape index (κ1) is 17.1. The second kappa shape index (κ2) is 8.42. The Bertz CT molecular complexity index is 712. The van der Waals surface area contributed by atoms with E-state index in [1.54, 1.807) is 0 Å². The van der Waals surface area contributed by atoms with Crippen LogP contribution in [0.2, 0.25) is 0 Å². The van der Waals surface area contributed by atoms with Crippen LogP contribution in [0.4, 0.5) is 0 Å². The molecule has 1 aliphatic heterocycles. The van der Waals surface area contributed by atoms with Crippen LogP contribution in [0, 0.1) is 6.92 Å². The molecule has 1 amide bonds. The number of benzene rings is 2. The molecule has 0 unspecified atom stereocenters. The van der Waals surface area contributed by atoms with Gasteiger partial charge in [0.2, 0.25) is 0 Å². The van der Waals surface area contributed by atoms with Crippen molar-refractivity contribution in [3.63, 3.8) is 0 Å². The Morgan fingerprint density at radius 1 is 1.08 bits per heavy atom. The maximum atomic E-state index is 11.9. The smallest absolute Gasteiger partial charge is 0.257 e. The standard InChI is InChI=1S/C20H23NO4/c1-15-3-6-17(7-4-15)25-14-20(22)21-10-9-16-5-8-18-19(13-16)24-12-2-11-23-18/h3-8,13H,2,9-12,14H2,1H3,(H,21,22). The fourth-order valence-corrected chi connectivity index (χ4v) is 2.54. The summed E-state index contributed by atoms with van der Waals surface area (Å²) in [6.07, 6.45) is 1.62. The molecule has 25 heavy (non-hydrogen) atoms. The van der Waals surface area contributed by atoms with Crippen LogP contribution in [0.1, 0.15) is 17.5 Å². The van der Waals surface area contributed by atoms with Gasteiger partial charge in [0.05, 0.1) is 13.2 Å². The highest BCUT2D eigenvalue weighted by Gasteiger charge is 2.10. The van der Waals surface area contributed by atoms with Crippen molar-refractivity contribution < 1.29 is 19.0 Å². The molecular weight excluding hydrogens is 318 g/mol. The fourth-order valence-electron chi connectivity index (χ4n) is 2.54. The predicted octanol–water partition coefficient (Wildman–Crippen LogP) is 2.89. The van der Waals surface area contributed by atoms with E-state index in [-0.39, 0.29) is 12.5 Å². The minimum Gasteiger partial charge on any atom is -0.490 e. The third kappa shape index (κ3) is 5.14. The summed E-state index contributed by atoms with van der Waals surface area (Å²) in [5.74, 6) is 2.14. The van der Waals surface area contributed by atoms with E-state index in [1.165, 1.54) is 0 Å². The SMILES string of the molecule is Cc1ccc(OCC(=O)NCCc2ccc3c(c2)OCCCO3)cc1. The zero-order valence-electron chi connectivity index (χ0n) is 14.4. The maximum absolute atomic E-state index is 11.9. The van der Waals surface area contributed by atoms with E-state index in [1.807, 2.05) is 49.4 Å². The van der Waals surface area contributed by atoms with Gasteiger partial charge in [0.25, 0.3) is 5.91 Å². The molecule has 0 saturated carbocycles. The van der Waals surface area contributed by atoms with Gasteiger partial charge in [-0.2, -0.15) is 0 Å². The highest BCUT2D eigenvalue weighted by Crippen LogP contribution is 2.30. The largest absolute Gasteiger partial charge is 0.490 e. The van der Waals surface area contributed by atoms with E-state index in [9.17, 15) is 4.79 Å². The molecule has 1 heterocycles. The topological polar surface area (TPSA) is 56.8 Å². The molecule has 1 aliphatic rings. The van der Waals surface area contributed by atoms with E-state index in [0.29, 0.717) is 25.5 Å². The second-order valence-electron chi connectivity index (χ2n) is 6.03. The zero-order chi connectivity index (χ0) is 17.5.